The monoisotopic (exact) mass is 267 g/mol. The Kier molecular flexibility index (Phi) is 2.82. The number of benzene rings is 1. The number of rotatable bonds is 1. The topological polar surface area (TPSA) is 103 Å². The number of guanidine groups is 1. The third-order valence-corrected chi connectivity index (χ3v) is 3.65. The molecule has 3 rings (SSSR count). The van der Waals surface area contributed by atoms with Gasteiger partial charge in [0.15, 0.2) is 0 Å². The number of anilines is 1. The van der Waals surface area contributed by atoms with Crippen LogP contribution < -0.4 is 17.2 Å². The molecule has 1 aliphatic carbocycles. The van der Waals surface area contributed by atoms with E-state index in [0.717, 1.165) is 22.4 Å². The van der Waals surface area contributed by atoms with Crippen LogP contribution in [0, 0.1) is 5.92 Å². The molecule has 2 aliphatic rings. The lowest BCUT2D eigenvalue weighted by Gasteiger charge is -2.28. The van der Waals surface area contributed by atoms with Gasteiger partial charge in [0.25, 0.3) is 0 Å². The summed E-state index contributed by atoms with van der Waals surface area (Å²) in [6.07, 6.45) is 4.20. The second-order valence-corrected chi connectivity index (χ2v) is 5.09. The molecule has 0 aromatic heterocycles. The Morgan fingerprint density at radius 1 is 1.00 bits per heavy atom. The summed E-state index contributed by atoms with van der Waals surface area (Å²) >= 11 is 0. The normalized spacial score (nSPS) is 25.1. The lowest BCUT2D eigenvalue weighted by atomic mass is 9.83. The minimum atomic E-state index is -0.0799. The van der Waals surface area contributed by atoms with Crippen LogP contribution in [0.1, 0.15) is 12.5 Å². The van der Waals surface area contributed by atoms with Gasteiger partial charge >= 0.3 is 0 Å². The molecular formula is C15H17N5. The van der Waals surface area contributed by atoms with Crippen molar-refractivity contribution in [2.75, 3.05) is 5.73 Å². The molecule has 0 saturated heterocycles. The van der Waals surface area contributed by atoms with Crippen LogP contribution in [0.2, 0.25) is 0 Å². The van der Waals surface area contributed by atoms with Gasteiger partial charge in [-0.25, -0.2) is 9.98 Å². The van der Waals surface area contributed by atoms with Crippen molar-refractivity contribution in [1.29, 1.82) is 0 Å². The summed E-state index contributed by atoms with van der Waals surface area (Å²) in [6, 6.07) is 7.72. The van der Waals surface area contributed by atoms with Crippen LogP contribution in [0.3, 0.4) is 0 Å². The zero-order valence-corrected chi connectivity index (χ0v) is 11.2. The molecule has 2 atom stereocenters. The van der Waals surface area contributed by atoms with Crippen molar-refractivity contribution in [3.63, 3.8) is 0 Å². The molecule has 102 valence electrons. The first-order chi connectivity index (χ1) is 9.54. The van der Waals surface area contributed by atoms with E-state index in [9.17, 15) is 0 Å². The molecule has 0 saturated carbocycles. The van der Waals surface area contributed by atoms with E-state index >= 15 is 0 Å². The van der Waals surface area contributed by atoms with E-state index in [0.29, 0.717) is 5.84 Å². The van der Waals surface area contributed by atoms with Gasteiger partial charge in [0.2, 0.25) is 5.96 Å². The molecule has 0 amide bonds. The van der Waals surface area contributed by atoms with Gasteiger partial charge in [0.05, 0.1) is 12.0 Å². The Morgan fingerprint density at radius 2 is 1.70 bits per heavy atom. The van der Waals surface area contributed by atoms with Gasteiger partial charge in [0, 0.05) is 5.69 Å². The maximum atomic E-state index is 5.94. The lowest BCUT2D eigenvalue weighted by Crippen LogP contribution is -2.38. The zero-order chi connectivity index (χ0) is 14.3. The third kappa shape index (κ3) is 2.07. The van der Waals surface area contributed by atoms with Gasteiger partial charge < -0.3 is 17.2 Å². The van der Waals surface area contributed by atoms with E-state index in [1.54, 1.807) is 0 Å². The van der Waals surface area contributed by atoms with Crippen LogP contribution in [0.5, 0.6) is 0 Å². The van der Waals surface area contributed by atoms with E-state index in [1.165, 1.54) is 0 Å². The van der Waals surface area contributed by atoms with Crippen LogP contribution >= 0.6 is 0 Å². The van der Waals surface area contributed by atoms with Gasteiger partial charge in [-0.1, -0.05) is 24.3 Å². The van der Waals surface area contributed by atoms with Crippen molar-refractivity contribution in [1.82, 2.24) is 0 Å². The van der Waals surface area contributed by atoms with Crippen molar-refractivity contribution >= 4 is 23.1 Å². The molecule has 0 radical (unpaired) electrons. The number of hydrogen-bond donors (Lipinski definition) is 3. The van der Waals surface area contributed by atoms with Crippen LogP contribution in [0.4, 0.5) is 5.69 Å². The molecule has 1 aromatic rings. The quantitative estimate of drug-likeness (QED) is 0.668. The summed E-state index contributed by atoms with van der Waals surface area (Å²) in [7, 11) is 0. The summed E-state index contributed by atoms with van der Waals surface area (Å²) in [5.41, 5.74) is 21.5. The van der Waals surface area contributed by atoms with E-state index in [4.69, 9.17) is 17.2 Å². The maximum Gasteiger partial charge on any atom is 0.217 e. The number of hydrogen-bond acceptors (Lipinski definition) is 5. The molecule has 5 heteroatoms. The molecule has 6 N–H and O–H groups in total. The summed E-state index contributed by atoms with van der Waals surface area (Å²) in [4.78, 5) is 8.41. The fourth-order valence-electron chi connectivity index (χ4n) is 2.62. The number of amidine groups is 1. The minimum absolute atomic E-state index is 0.000156. The highest BCUT2D eigenvalue weighted by molar-refractivity contribution is 6.00. The van der Waals surface area contributed by atoms with Crippen LogP contribution in [0.25, 0.3) is 5.57 Å². The molecule has 1 heterocycles. The van der Waals surface area contributed by atoms with Crippen molar-refractivity contribution in [3.8, 4) is 0 Å². The number of aliphatic imine (C=N–C) groups is 2. The molecule has 5 nitrogen and oxygen atoms in total. The molecule has 20 heavy (non-hydrogen) atoms. The van der Waals surface area contributed by atoms with Crippen LogP contribution in [-0.2, 0) is 0 Å². The van der Waals surface area contributed by atoms with Gasteiger partial charge in [-0.2, -0.15) is 0 Å². The minimum Gasteiger partial charge on any atom is -0.399 e. The first-order valence-electron chi connectivity index (χ1n) is 6.48. The molecule has 0 fully saturated rings. The Hall–Kier alpha value is -2.56. The van der Waals surface area contributed by atoms with E-state index in [-0.39, 0.29) is 17.9 Å². The largest absolute Gasteiger partial charge is 0.399 e. The molecular weight excluding hydrogens is 250 g/mol. The second kappa shape index (κ2) is 4.52. The predicted molar refractivity (Wildman–Crippen MR) is 83.1 cm³/mol. The van der Waals surface area contributed by atoms with E-state index in [1.807, 2.05) is 24.3 Å². The molecule has 1 aliphatic heterocycles. The molecule has 0 bridgehead atoms. The number of allylic oxidation sites excluding steroid dienone is 2. The highest BCUT2D eigenvalue weighted by Gasteiger charge is 2.29. The van der Waals surface area contributed by atoms with Crippen molar-refractivity contribution in [2.24, 2.45) is 27.4 Å². The Bertz CT molecular complexity index is 664. The number of nitrogen functional groups attached to an aromatic ring is 1. The van der Waals surface area contributed by atoms with Crippen molar-refractivity contribution in [2.45, 2.75) is 13.0 Å². The number of nitrogens with two attached hydrogens (primary N) is 3. The predicted octanol–water partition coefficient (Wildman–Crippen LogP) is 1.28. The van der Waals surface area contributed by atoms with E-state index < -0.39 is 0 Å². The smallest absolute Gasteiger partial charge is 0.217 e. The van der Waals surface area contributed by atoms with Crippen LogP contribution in [0.15, 0.2) is 52.0 Å². The van der Waals surface area contributed by atoms with Gasteiger partial charge in [-0.3, -0.25) is 0 Å². The Labute approximate surface area is 117 Å². The van der Waals surface area contributed by atoms with Crippen molar-refractivity contribution in [3.05, 3.63) is 47.6 Å². The molecule has 1 aromatic carbocycles. The second-order valence-electron chi connectivity index (χ2n) is 5.09. The fraction of sp³-hybridized carbons (Fsp3) is 0.200. The third-order valence-electron chi connectivity index (χ3n) is 3.65. The standard InChI is InChI=1S/C15H17N5/c1-8-6-12-13(19-15(18)20-14(12)17)7-11(8)9-2-4-10(16)5-3-9/h2-7,12-13H,16H2,1H3,(H4,17,18,19,20). The summed E-state index contributed by atoms with van der Waals surface area (Å²) in [6.45, 7) is 2.06. The lowest BCUT2D eigenvalue weighted by molar-refractivity contribution is 0.698. The van der Waals surface area contributed by atoms with Gasteiger partial charge in [0.1, 0.15) is 5.84 Å². The van der Waals surface area contributed by atoms with Gasteiger partial charge in [-0.15, -0.1) is 0 Å². The number of nitrogens with zero attached hydrogens (tertiary/aromatic N) is 2. The first-order valence-corrected chi connectivity index (χ1v) is 6.48. The summed E-state index contributed by atoms with van der Waals surface area (Å²) in [5, 5.41) is 0. The zero-order valence-electron chi connectivity index (χ0n) is 11.2. The Balaban J connectivity index is 2.02. The maximum absolute atomic E-state index is 5.94. The first kappa shape index (κ1) is 12.5. The van der Waals surface area contributed by atoms with Gasteiger partial charge in [-0.05, 0) is 35.8 Å². The fourth-order valence-corrected chi connectivity index (χ4v) is 2.62. The molecule has 2 unspecified atom stereocenters. The highest BCUT2D eigenvalue weighted by atomic mass is 15.1. The molecule has 0 spiro atoms. The summed E-state index contributed by atoms with van der Waals surface area (Å²) in [5.74, 6) is 0.763. The average molecular weight is 267 g/mol. The van der Waals surface area contributed by atoms with E-state index in [2.05, 4.69) is 29.1 Å². The summed E-state index contributed by atoms with van der Waals surface area (Å²) < 4.78 is 0. The average Bonchev–Trinajstić information content (AvgIpc) is 2.40. The number of fused-ring (bicyclic) bond motifs is 1. The SMILES string of the molecule is CC1=CC2C(N)=NC(N)=NC2C=C1c1ccc(N)cc1. The Morgan fingerprint density at radius 3 is 2.40 bits per heavy atom. The van der Waals surface area contributed by atoms with Crippen LogP contribution in [-0.4, -0.2) is 17.8 Å². The van der Waals surface area contributed by atoms with Crippen molar-refractivity contribution < 1.29 is 0 Å². The highest BCUT2D eigenvalue weighted by Crippen LogP contribution is 2.33.